The van der Waals surface area contributed by atoms with Crippen molar-refractivity contribution in [3.63, 3.8) is 0 Å². The van der Waals surface area contributed by atoms with E-state index in [9.17, 15) is 4.79 Å². The average Bonchev–Trinajstić information content (AvgIpc) is 2.73. The molecule has 3 heterocycles. The molecular weight excluding hydrogens is 376 g/mol. The summed E-state index contributed by atoms with van der Waals surface area (Å²) >= 11 is 0. The third-order valence-corrected chi connectivity index (χ3v) is 5.71. The Labute approximate surface area is 177 Å². The Hall–Kier alpha value is -2.96. The molecule has 1 aliphatic heterocycles. The summed E-state index contributed by atoms with van der Waals surface area (Å²) in [5, 5.41) is 9.54. The summed E-state index contributed by atoms with van der Waals surface area (Å²) in [6.45, 7) is 13.9. The summed E-state index contributed by atoms with van der Waals surface area (Å²) in [4.78, 5) is 21.8. The number of nitrogens with zero attached hydrogens (tertiary/aromatic N) is 6. The van der Waals surface area contributed by atoms with E-state index in [1.807, 2.05) is 32.0 Å². The lowest BCUT2D eigenvalue weighted by molar-refractivity contribution is 0.556. The number of fused-ring (bicyclic) bond motifs is 1. The summed E-state index contributed by atoms with van der Waals surface area (Å²) in [5.74, 6) is 0.928. The van der Waals surface area contributed by atoms with Gasteiger partial charge < -0.3 is 9.80 Å². The van der Waals surface area contributed by atoms with Crippen LogP contribution in [0, 0.1) is 0 Å². The Kier molecular flexibility index (Phi) is 5.22. The first-order valence-electron chi connectivity index (χ1n) is 10.6. The van der Waals surface area contributed by atoms with Gasteiger partial charge in [0.2, 0.25) is 0 Å². The SMILES string of the molecule is CC(C)n1cnc2cc(N3CCN(c4ccc(C(C)(C)C)nn4)CC3)ccc2c1=O. The number of aromatic nitrogens is 4. The Morgan fingerprint density at radius 1 is 0.933 bits per heavy atom. The molecule has 3 aromatic rings. The molecule has 0 aliphatic carbocycles. The fourth-order valence-corrected chi connectivity index (χ4v) is 3.78. The highest BCUT2D eigenvalue weighted by molar-refractivity contribution is 5.81. The van der Waals surface area contributed by atoms with E-state index in [1.165, 1.54) is 0 Å². The largest absolute Gasteiger partial charge is 0.368 e. The van der Waals surface area contributed by atoms with Crippen LogP contribution in [0.25, 0.3) is 10.9 Å². The fraction of sp³-hybridized carbons (Fsp3) is 0.478. The van der Waals surface area contributed by atoms with Crippen molar-refractivity contribution in [3.05, 3.63) is 52.7 Å². The van der Waals surface area contributed by atoms with E-state index in [2.05, 4.69) is 57.9 Å². The highest BCUT2D eigenvalue weighted by Crippen LogP contribution is 2.24. The number of hydrogen-bond acceptors (Lipinski definition) is 6. The molecule has 0 bridgehead atoms. The van der Waals surface area contributed by atoms with Crippen molar-refractivity contribution in [1.82, 2.24) is 19.7 Å². The van der Waals surface area contributed by atoms with Gasteiger partial charge in [0.15, 0.2) is 5.82 Å². The van der Waals surface area contributed by atoms with Crippen LogP contribution in [-0.2, 0) is 5.41 Å². The van der Waals surface area contributed by atoms with Gasteiger partial charge in [-0.1, -0.05) is 20.8 Å². The predicted octanol–water partition coefficient (Wildman–Crippen LogP) is 3.39. The van der Waals surface area contributed by atoms with E-state index in [0.717, 1.165) is 48.9 Å². The number of anilines is 2. The smallest absolute Gasteiger partial charge is 0.261 e. The zero-order valence-electron chi connectivity index (χ0n) is 18.5. The molecule has 0 radical (unpaired) electrons. The molecule has 2 aromatic heterocycles. The van der Waals surface area contributed by atoms with Crippen LogP contribution >= 0.6 is 0 Å². The van der Waals surface area contributed by atoms with E-state index >= 15 is 0 Å². The van der Waals surface area contributed by atoms with Crippen molar-refractivity contribution < 1.29 is 0 Å². The Bertz CT molecular complexity index is 1090. The van der Waals surface area contributed by atoms with Crippen LogP contribution in [0.3, 0.4) is 0 Å². The fourth-order valence-electron chi connectivity index (χ4n) is 3.78. The first-order valence-corrected chi connectivity index (χ1v) is 10.6. The van der Waals surface area contributed by atoms with Crippen molar-refractivity contribution in [3.8, 4) is 0 Å². The van der Waals surface area contributed by atoms with Crippen molar-refractivity contribution in [2.75, 3.05) is 36.0 Å². The molecule has 0 unspecified atom stereocenters. The third-order valence-electron chi connectivity index (χ3n) is 5.71. The molecule has 0 amide bonds. The van der Waals surface area contributed by atoms with Crippen LogP contribution in [-0.4, -0.2) is 45.9 Å². The molecule has 4 rings (SSSR count). The summed E-state index contributed by atoms with van der Waals surface area (Å²) in [6, 6.07) is 10.2. The van der Waals surface area contributed by atoms with Gasteiger partial charge in [-0.3, -0.25) is 9.36 Å². The van der Waals surface area contributed by atoms with Gasteiger partial charge in [0, 0.05) is 43.3 Å². The van der Waals surface area contributed by atoms with Crippen LogP contribution in [0.4, 0.5) is 11.5 Å². The summed E-state index contributed by atoms with van der Waals surface area (Å²) in [7, 11) is 0. The van der Waals surface area contributed by atoms with Crippen LogP contribution in [0.2, 0.25) is 0 Å². The lowest BCUT2D eigenvalue weighted by atomic mass is 9.92. The zero-order chi connectivity index (χ0) is 21.5. The highest BCUT2D eigenvalue weighted by atomic mass is 16.1. The van der Waals surface area contributed by atoms with Crippen LogP contribution < -0.4 is 15.4 Å². The van der Waals surface area contributed by atoms with Gasteiger partial charge in [0.25, 0.3) is 5.56 Å². The van der Waals surface area contributed by atoms with Crippen LogP contribution in [0.15, 0.2) is 41.5 Å². The molecule has 7 nitrogen and oxygen atoms in total. The number of rotatable bonds is 3. The first-order chi connectivity index (χ1) is 14.2. The lowest BCUT2D eigenvalue weighted by Gasteiger charge is -2.36. The molecule has 1 aromatic carbocycles. The molecule has 0 atom stereocenters. The van der Waals surface area contributed by atoms with E-state index in [0.29, 0.717) is 5.39 Å². The minimum Gasteiger partial charge on any atom is -0.368 e. The van der Waals surface area contributed by atoms with Crippen molar-refractivity contribution in [2.45, 2.75) is 46.1 Å². The maximum absolute atomic E-state index is 12.6. The number of hydrogen-bond donors (Lipinski definition) is 0. The van der Waals surface area contributed by atoms with Gasteiger partial charge in [0.1, 0.15) is 0 Å². The van der Waals surface area contributed by atoms with Gasteiger partial charge >= 0.3 is 0 Å². The third kappa shape index (κ3) is 3.88. The minimum absolute atomic E-state index is 0.00669. The van der Waals surface area contributed by atoms with E-state index < -0.39 is 0 Å². The average molecular weight is 407 g/mol. The normalized spacial score (nSPS) is 15.3. The van der Waals surface area contributed by atoms with E-state index in [1.54, 1.807) is 10.9 Å². The maximum Gasteiger partial charge on any atom is 0.261 e. The summed E-state index contributed by atoms with van der Waals surface area (Å²) in [5.41, 5.74) is 2.88. The molecule has 1 fully saturated rings. The second kappa shape index (κ2) is 7.70. The quantitative estimate of drug-likeness (QED) is 0.664. The molecule has 7 heteroatoms. The van der Waals surface area contributed by atoms with Gasteiger partial charge in [-0.15, -0.1) is 5.10 Å². The number of benzene rings is 1. The minimum atomic E-state index is 0.00669. The second-order valence-corrected chi connectivity index (χ2v) is 9.25. The van der Waals surface area contributed by atoms with Crippen molar-refractivity contribution >= 4 is 22.4 Å². The van der Waals surface area contributed by atoms with E-state index in [-0.39, 0.29) is 17.0 Å². The Morgan fingerprint density at radius 3 is 2.23 bits per heavy atom. The maximum atomic E-state index is 12.6. The molecule has 0 N–H and O–H groups in total. The highest BCUT2D eigenvalue weighted by Gasteiger charge is 2.21. The first kappa shape index (κ1) is 20.3. The molecular formula is C23H30N6O. The van der Waals surface area contributed by atoms with Crippen LogP contribution in [0.5, 0.6) is 0 Å². The van der Waals surface area contributed by atoms with Gasteiger partial charge in [-0.05, 0) is 44.2 Å². The standard InChI is InChI=1S/C23H30N6O/c1-16(2)29-15-24-19-14-17(6-7-18(19)22(29)30)27-10-12-28(13-11-27)21-9-8-20(25-26-21)23(3,4)5/h6-9,14-16H,10-13H2,1-5H3. The topological polar surface area (TPSA) is 67.2 Å². The zero-order valence-corrected chi connectivity index (χ0v) is 18.5. The number of piperazine rings is 1. The summed E-state index contributed by atoms with van der Waals surface area (Å²) in [6.07, 6.45) is 1.65. The second-order valence-electron chi connectivity index (χ2n) is 9.25. The molecule has 30 heavy (non-hydrogen) atoms. The molecule has 0 saturated carbocycles. The monoisotopic (exact) mass is 406 g/mol. The molecule has 1 aliphatic rings. The van der Waals surface area contributed by atoms with E-state index in [4.69, 9.17) is 0 Å². The molecule has 1 saturated heterocycles. The summed E-state index contributed by atoms with van der Waals surface area (Å²) < 4.78 is 1.67. The van der Waals surface area contributed by atoms with Gasteiger partial charge in [0.05, 0.1) is 22.9 Å². The Morgan fingerprint density at radius 2 is 1.63 bits per heavy atom. The Balaban J connectivity index is 1.48. The van der Waals surface area contributed by atoms with Crippen molar-refractivity contribution in [1.29, 1.82) is 0 Å². The predicted molar refractivity (Wildman–Crippen MR) is 122 cm³/mol. The van der Waals surface area contributed by atoms with Crippen LogP contribution in [0.1, 0.15) is 46.4 Å². The van der Waals surface area contributed by atoms with Crippen molar-refractivity contribution in [2.24, 2.45) is 0 Å². The van der Waals surface area contributed by atoms with Gasteiger partial charge in [-0.25, -0.2) is 4.98 Å². The molecule has 158 valence electrons. The van der Waals surface area contributed by atoms with Gasteiger partial charge in [-0.2, -0.15) is 5.10 Å². The lowest BCUT2D eigenvalue weighted by Crippen LogP contribution is -2.47. The molecule has 0 spiro atoms.